The molecule has 0 saturated heterocycles. The van der Waals surface area contributed by atoms with Gasteiger partial charge in [0.15, 0.2) is 5.69 Å². The number of aromatic carboxylic acids is 1. The van der Waals surface area contributed by atoms with Gasteiger partial charge >= 0.3 is 12.0 Å². The lowest BCUT2D eigenvalue weighted by Gasteiger charge is -2.05. The molecule has 92 valence electrons. The van der Waals surface area contributed by atoms with Gasteiger partial charge in [-0.1, -0.05) is 12.2 Å². The van der Waals surface area contributed by atoms with Crippen molar-refractivity contribution < 1.29 is 14.7 Å². The molecule has 1 heterocycles. The molecule has 7 heteroatoms. The Morgan fingerprint density at radius 2 is 2.24 bits per heavy atom. The van der Waals surface area contributed by atoms with Crippen molar-refractivity contribution in [2.45, 2.75) is 13.5 Å². The summed E-state index contributed by atoms with van der Waals surface area (Å²) in [5.74, 6) is -1.07. The highest BCUT2D eigenvalue weighted by Gasteiger charge is 2.09. The van der Waals surface area contributed by atoms with Crippen molar-refractivity contribution >= 4 is 23.3 Å². The summed E-state index contributed by atoms with van der Waals surface area (Å²) >= 11 is 1.19. The molecule has 3 N–H and O–H groups in total. The van der Waals surface area contributed by atoms with E-state index in [-0.39, 0.29) is 18.3 Å². The normalized spacial score (nSPS) is 9.71. The highest BCUT2D eigenvalue weighted by molar-refractivity contribution is 7.09. The van der Waals surface area contributed by atoms with Crippen molar-refractivity contribution in [1.82, 2.24) is 15.6 Å². The molecular weight excluding hydrogens is 242 g/mol. The lowest BCUT2D eigenvalue weighted by molar-refractivity contribution is 0.0691. The molecule has 0 aromatic carbocycles. The maximum Gasteiger partial charge on any atom is 0.355 e. The lowest BCUT2D eigenvalue weighted by Crippen LogP contribution is -2.35. The molecule has 0 saturated carbocycles. The third kappa shape index (κ3) is 4.64. The first-order chi connectivity index (χ1) is 7.99. The number of nitrogens with one attached hydrogen (secondary N) is 2. The van der Waals surface area contributed by atoms with Crippen molar-refractivity contribution in [3.8, 4) is 0 Å². The van der Waals surface area contributed by atoms with Crippen LogP contribution in [0.3, 0.4) is 0 Å². The fraction of sp³-hybridized carbons (Fsp3) is 0.300. The van der Waals surface area contributed by atoms with Gasteiger partial charge in [0.05, 0.1) is 6.54 Å². The molecule has 0 aliphatic heterocycles. The summed E-state index contributed by atoms with van der Waals surface area (Å²) in [4.78, 5) is 25.7. The van der Waals surface area contributed by atoms with Gasteiger partial charge < -0.3 is 15.7 Å². The second-order valence-corrected chi connectivity index (χ2v) is 4.37. The highest BCUT2D eigenvalue weighted by Crippen LogP contribution is 2.09. The summed E-state index contributed by atoms with van der Waals surface area (Å²) in [5, 5.41) is 15.8. The van der Waals surface area contributed by atoms with E-state index >= 15 is 0 Å². The number of amides is 2. The first-order valence-corrected chi connectivity index (χ1v) is 5.70. The van der Waals surface area contributed by atoms with E-state index in [0.29, 0.717) is 11.6 Å². The summed E-state index contributed by atoms with van der Waals surface area (Å²) in [7, 11) is 0. The van der Waals surface area contributed by atoms with Crippen LogP contribution in [0.1, 0.15) is 22.4 Å². The average molecular weight is 255 g/mol. The zero-order valence-electron chi connectivity index (χ0n) is 9.32. The molecule has 1 rings (SSSR count). The predicted octanol–water partition coefficient (Wildman–Crippen LogP) is 1.22. The molecule has 0 spiro atoms. The van der Waals surface area contributed by atoms with Gasteiger partial charge in [0.25, 0.3) is 0 Å². The van der Waals surface area contributed by atoms with Gasteiger partial charge in [0.1, 0.15) is 5.01 Å². The zero-order chi connectivity index (χ0) is 12.8. The highest BCUT2D eigenvalue weighted by atomic mass is 32.1. The summed E-state index contributed by atoms with van der Waals surface area (Å²) in [5.41, 5.74) is 0.844. The number of carboxylic acids is 1. The SMILES string of the molecule is C=C(C)CNC(=O)NCc1nc(C(=O)O)cs1. The van der Waals surface area contributed by atoms with Gasteiger partial charge in [-0.2, -0.15) is 0 Å². The third-order valence-electron chi connectivity index (χ3n) is 1.72. The van der Waals surface area contributed by atoms with Crippen LogP contribution in [0.15, 0.2) is 17.5 Å². The summed E-state index contributed by atoms with van der Waals surface area (Å²) in [6, 6.07) is -0.333. The number of carbonyl (C=O) groups excluding carboxylic acids is 1. The number of aromatic nitrogens is 1. The first kappa shape index (κ1) is 13.2. The zero-order valence-corrected chi connectivity index (χ0v) is 10.1. The van der Waals surface area contributed by atoms with Crippen LogP contribution in [0.4, 0.5) is 4.79 Å². The minimum absolute atomic E-state index is 0.00542. The molecular formula is C10H13N3O3S. The van der Waals surface area contributed by atoms with Crippen molar-refractivity contribution in [2.75, 3.05) is 6.54 Å². The summed E-state index contributed by atoms with van der Waals surface area (Å²) in [6.07, 6.45) is 0. The standard InChI is InChI=1S/C10H13N3O3S/c1-6(2)3-11-10(16)12-4-8-13-7(5-17-8)9(14)15/h5H,1,3-4H2,2H3,(H,14,15)(H2,11,12,16). The van der Waals surface area contributed by atoms with E-state index < -0.39 is 5.97 Å². The molecule has 0 fully saturated rings. The van der Waals surface area contributed by atoms with Gasteiger partial charge in [0.2, 0.25) is 0 Å². The van der Waals surface area contributed by atoms with Crippen LogP contribution in [0.25, 0.3) is 0 Å². The van der Waals surface area contributed by atoms with Crippen LogP contribution in [0, 0.1) is 0 Å². The number of rotatable bonds is 5. The van der Waals surface area contributed by atoms with Crippen molar-refractivity contribution in [1.29, 1.82) is 0 Å². The fourth-order valence-corrected chi connectivity index (χ4v) is 1.65. The van der Waals surface area contributed by atoms with Gasteiger partial charge in [0, 0.05) is 11.9 Å². The minimum Gasteiger partial charge on any atom is -0.476 e. The van der Waals surface area contributed by atoms with E-state index in [1.54, 1.807) is 6.92 Å². The average Bonchev–Trinajstić information content (AvgIpc) is 2.72. The number of urea groups is 1. The predicted molar refractivity (Wildman–Crippen MR) is 64.1 cm³/mol. The van der Waals surface area contributed by atoms with Crippen molar-refractivity contribution in [2.24, 2.45) is 0 Å². The Morgan fingerprint density at radius 1 is 1.53 bits per heavy atom. The van der Waals surface area contributed by atoms with E-state index in [9.17, 15) is 9.59 Å². The van der Waals surface area contributed by atoms with Crippen LogP contribution < -0.4 is 10.6 Å². The van der Waals surface area contributed by atoms with Crippen LogP contribution in [-0.2, 0) is 6.54 Å². The Bertz CT molecular complexity index is 442. The van der Waals surface area contributed by atoms with E-state index in [2.05, 4.69) is 22.2 Å². The molecule has 0 radical (unpaired) electrons. The Hall–Kier alpha value is -1.89. The van der Waals surface area contributed by atoms with Crippen LogP contribution >= 0.6 is 11.3 Å². The minimum atomic E-state index is -1.07. The number of hydrogen-bond donors (Lipinski definition) is 3. The van der Waals surface area contributed by atoms with Crippen molar-refractivity contribution in [3.63, 3.8) is 0 Å². The molecule has 0 atom stereocenters. The van der Waals surface area contributed by atoms with Crippen molar-refractivity contribution in [3.05, 3.63) is 28.2 Å². The first-order valence-electron chi connectivity index (χ1n) is 4.83. The number of hydrogen-bond acceptors (Lipinski definition) is 4. The number of carbonyl (C=O) groups is 2. The largest absolute Gasteiger partial charge is 0.476 e. The second kappa shape index (κ2) is 6.00. The lowest BCUT2D eigenvalue weighted by atomic mass is 10.3. The summed E-state index contributed by atoms with van der Waals surface area (Å²) < 4.78 is 0. The maximum absolute atomic E-state index is 11.3. The van der Waals surface area contributed by atoms with Crippen LogP contribution in [0.2, 0.25) is 0 Å². The van der Waals surface area contributed by atoms with Crippen LogP contribution in [0.5, 0.6) is 0 Å². The number of thiazole rings is 1. The fourth-order valence-electron chi connectivity index (χ4n) is 0.940. The molecule has 0 bridgehead atoms. The van der Waals surface area contributed by atoms with Gasteiger partial charge in [-0.3, -0.25) is 0 Å². The van der Waals surface area contributed by atoms with E-state index in [0.717, 1.165) is 5.57 Å². The van der Waals surface area contributed by atoms with Gasteiger partial charge in [-0.05, 0) is 6.92 Å². The quantitative estimate of drug-likeness (QED) is 0.690. The Morgan fingerprint density at radius 3 is 2.76 bits per heavy atom. The molecule has 1 aromatic rings. The maximum atomic E-state index is 11.3. The number of carboxylic acid groups (broad SMARTS) is 1. The third-order valence-corrected chi connectivity index (χ3v) is 2.57. The molecule has 1 aromatic heterocycles. The van der Waals surface area contributed by atoms with E-state index in [1.807, 2.05) is 0 Å². The molecule has 0 unspecified atom stereocenters. The van der Waals surface area contributed by atoms with Gasteiger partial charge in [-0.25, -0.2) is 14.6 Å². The molecule has 17 heavy (non-hydrogen) atoms. The molecule has 0 aliphatic rings. The molecule has 0 aliphatic carbocycles. The second-order valence-electron chi connectivity index (χ2n) is 3.42. The Balaban J connectivity index is 2.36. The van der Waals surface area contributed by atoms with E-state index in [1.165, 1.54) is 16.7 Å². The number of nitrogens with zero attached hydrogens (tertiary/aromatic N) is 1. The Kier molecular flexibility index (Phi) is 4.65. The van der Waals surface area contributed by atoms with Gasteiger partial charge in [-0.15, -0.1) is 11.3 Å². The molecule has 2 amide bonds. The van der Waals surface area contributed by atoms with E-state index in [4.69, 9.17) is 5.11 Å². The topological polar surface area (TPSA) is 91.3 Å². The summed E-state index contributed by atoms with van der Waals surface area (Å²) in [6.45, 7) is 6.07. The molecule has 6 nitrogen and oxygen atoms in total. The Labute approximate surface area is 102 Å². The van der Waals surface area contributed by atoms with Crippen LogP contribution in [-0.4, -0.2) is 28.6 Å². The monoisotopic (exact) mass is 255 g/mol. The smallest absolute Gasteiger partial charge is 0.355 e.